The van der Waals surface area contributed by atoms with E-state index < -0.39 is 0 Å². The largest absolute Gasteiger partial charge is 0.312 e. The van der Waals surface area contributed by atoms with Gasteiger partial charge in [0.25, 0.3) is 0 Å². The van der Waals surface area contributed by atoms with Crippen LogP contribution >= 0.6 is 11.9 Å². The Labute approximate surface area is 117 Å². The van der Waals surface area contributed by atoms with Gasteiger partial charge in [0.2, 0.25) is 0 Å². The summed E-state index contributed by atoms with van der Waals surface area (Å²) in [5, 5.41) is 4.12. The van der Waals surface area contributed by atoms with Crippen LogP contribution < -0.4 is 4.72 Å². The van der Waals surface area contributed by atoms with Gasteiger partial charge in [0, 0.05) is 11.9 Å². The van der Waals surface area contributed by atoms with Gasteiger partial charge in [0.15, 0.2) is 5.82 Å². The molecule has 4 nitrogen and oxygen atoms in total. The summed E-state index contributed by atoms with van der Waals surface area (Å²) in [6.07, 6.45) is 11.4. The highest BCUT2D eigenvalue weighted by Gasteiger charge is 2.02. The van der Waals surface area contributed by atoms with Crippen molar-refractivity contribution in [3.63, 3.8) is 0 Å². The fraction of sp³-hybridized carbons (Fsp3) is 0.143. The molecule has 98 valence electrons. The van der Waals surface area contributed by atoms with E-state index in [1.165, 1.54) is 0 Å². The average molecular weight is 272 g/mol. The summed E-state index contributed by atoms with van der Waals surface area (Å²) in [6, 6.07) is 3.92. The second-order valence-corrected chi connectivity index (χ2v) is 4.59. The first-order chi connectivity index (χ1) is 9.35. The first-order valence-corrected chi connectivity index (χ1v) is 6.94. The van der Waals surface area contributed by atoms with Crippen LogP contribution in [0.15, 0.2) is 61.1 Å². The molecule has 0 aliphatic heterocycles. The van der Waals surface area contributed by atoms with Crippen LogP contribution in [0.5, 0.6) is 0 Å². The first kappa shape index (κ1) is 13.4. The molecule has 0 unspecified atom stereocenters. The molecule has 0 aliphatic carbocycles. The highest BCUT2D eigenvalue weighted by molar-refractivity contribution is 8.00. The van der Waals surface area contributed by atoms with Gasteiger partial charge in [0.05, 0.1) is 0 Å². The van der Waals surface area contributed by atoms with E-state index in [1.54, 1.807) is 22.8 Å². The Morgan fingerprint density at radius 2 is 2.47 bits per heavy atom. The van der Waals surface area contributed by atoms with Crippen molar-refractivity contribution in [2.24, 2.45) is 0 Å². The molecule has 0 amide bonds. The molecule has 0 fully saturated rings. The lowest BCUT2D eigenvalue weighted by Crippen LogP contribution is -1.98. The summed E-state index contributed by atoms with van der Waals surface area (Å²) in [5.41, 5.74) is 2.13. The van der Waals surface area contributed by atoms with E-state index in [-0.39, 0.29) is 0 Å². The van der Waals surface area contributed by atoms with Gasteiger partial charge in [-0.2, -0.15) is 5.10 Å². The van der Waals surface area contributed by atoms with Crippen LogP contribution in [0, 0.1) is 0 Å². The normalized spacial score (nSPS) is 12.2. The van der Waals surface area contributed by atoms with Crippen molar-refractivity contribution in [3.05, 3.63) is 61.1 Å². The lowest BCUT2D eigenvalue weighted by molar-refractivity contribution is 0.908. The van der Waals surface area contributed by atoms with Gasteiger partial charge in [-0.1, -0.05) is 30.9 Å². The number of nitrogens with zero attached hydrogens (tertiary/aromatic N) is 3. The molecule has 19 heavy (non-hydrogen) atoms. The zero-order valence-electron chi connectivity index (χ0n) is 10.8. The highest BCUT2D eigenvalue weighted by atomic mass is 32.2. The molecule has 0 saturated carbocycles. The van der Waals surface area contributed by atoms with Crippen molar-refractivity contribution < 1.29 is 0 Å². The number of allylic oxidation sites excluding steroid dienone is 4. The fourth-order valence-corrected chi connectivity index (χ4v) is 2.27. The van der Waals surface area contributed by atoms with Crippen molar-refractivity contribution in [2.75, 3.05) is 10.5 Å². The Kier molecular flexibility index (Phi) is 4.80. The maximum atomic E-state index is 4.24. The maximum absolute atomic E-state index is 4.24. The number of rotatable bonds is 6. The summed E-state index contributed by atoms with van der Waals surface area (Å²) in [7, 11) is 0. The molecule has 0 atom stereocenters. The molecule has 0 bridgehead atoms. The Hall–Kier alpha value is -2.01. The molecule has 5 heteroatoms. The third kappa shape index (κ3) is 3.48. The number of hydrogen-bond donors (Lipinski definition) is 1. The molecule has 2 aromatic heterocycles. The number of hydrogen-bond acceptors (Lipinski definition) is 4. The topological polar surface area (TPSA) is 42.2 Å². The number of anilines is 1. The number of aromatic nitrogens is 3. The molecule has 0 spiro atoms. The predicted molar refractivity (Wildman–Crippen MR) is 82.2 cm³/mol. The van der Waals surface area contributed by atoms with Gasteiger partial charge in [-0.15, -0.1) is 0 Å². The van der Waals surface area contributed by atoms with Gasteiger partial charge >= 0.3 is 0 Å². The fourth-order valence-electron chi connectivity index (χ4n) is 1.53. The quantitative estimate of drug-likeness (QED) is 0.646. The lowest BCUT2D eigenvalue weighted by atomic mass is 10.3. The van der Waals surface area contributed by atoms with E-state index in [4.69, 9.17) is 0 Å². The van der Waals surface area contributed by atoms with Crippen LogP contribution in [-0.2, 0) is 0 Å². The summed E-state index contributed by atoms with van der Waals surface area (Å²) in [6.45, 7) is 5.80. The van der Waals surface area contributed by atoms with Crippen molar-refractivity contribution in [2.45, 2.75) is 6.92 Å². The van der Waals surface area contributed by atoms with E-state index in [9.17, 15) is 0 Å². The SMILES string of the molecule is C=C/C(=C\C=C/C)CSNc1ncnn2cccc12. The molecule has 2 rings (SSSR count). The van der Waals surface area contributed by atoms with Crippen LogP contribution in [0.1, 0.15) is 6.92 Å². The van der Waals surface area contributed by atoms with Gasteiger partial charge in [-0.25, -0.2) is 9.50 Å². The molecule has 0 radical (unpaired) electrons. The van der Waals surface area contributed by atoms with Crippen LogP contribution in [-0.4, -0.2) is 20.4 Å². The predicted octanol–water partition coefficient (Wildman–Crippen LogP) is 3.48. The van der Waals surface area contributed by atoms with Crippen LogP contribution in [0.4, 0.5) is 5.82 Å². The van der Waals surface area contributed by atoms with Gasteiger partial charge in [0.1, 0.15) is 11.8 Å². The lowest BCUT2D eigenvalue weighted by Gasteiger charge is -2.06. The summed E-state index contributed by atoms with van der Waals surface area (Å²) in [5.74, 6) is 1.64. The minimum Gasteiger partial charge on any atom is -0.312 e. The van der Waals surface area contributed by atoms with Gasteiger partial charge in [-0.05, 0) is 36.6 Å². The standard InChI is InChI=1S/C14H16N4S/c1-3-5-7-12(4-2)10-19-17-14-13-8-6-9-18(13)16-11-15-14/h3-9,11H,2,10H2,1H3,(H,15,16,17)/b5-3-,12-7+. The zero-order valence-corrected chi connectivity index (χ0v) is 11.6. The van der Waals surface area contributed by atoms with E-state index in [1.807, 2.05) is 43.5 Å². The maximum Gasteiger partial charge on any atom is 0.163 e. The highest BCUT2D eigenvalue weighted by Crippen LogP contribution is 2.18. The molecular formula is C14H16N4S. The minimum absolute atomic E-state index is 0.819. The van der Waals surface area contributed by atoms with Crippen molar-refractivity contribution in [1.29, 1.82) is 0 Å². The summed E-state index contributed by atoms with van der Waals surface area (Å²) >= 11 is 1.58. The first-order valence-electron chi connectivity index (χ1n) is 5.95. The molecule has 1 N–H and O–H groups in total. The Morgan fingerprint density at radius 3 is 3.26 bits per heavy atom. The Morgan fingerprint density at radius 1 is 1.58 bits per heavy atom. The van der Waals surface area contributed by atoms with Gasteiger partial charge in [-0.3, -0.25) is 0 Å². The number of nitrogens with one attached hydrogen (secondary N) is 1. The Balaban J connectivity index is 1.99. The van der Waals surface area contributed by atoms with Crippen LogP contribution in [0.25, 0.3) is 5.52 Å². The average Bonchev–Trinajstić information content (AvgIpc) is 2.91. The van der Waals surface area contributed by atoms with Gasteiger partial charge < -0.3 is 4.72 Å². The van der Waals surface area contributed by atoms with E-state index in [2.05, 4.69) is 27.5 Å². The third-order valence-corrected chi connectivity index (χ3v) is 3.32. The minimum atomic E-state index is 0.819. The molecule has 2 heterocycles. The smallest absolute Gasteiger partial charge is 0.163 e. The van der Waals surface area contributed by atoms with Crippen LogP contribution in [0.2, 0.25) is 0 Å². The molecule has 0 aliphatic rings. The zero-order chi connectivity index (χ0) is 13.5. The Bertz CT molecular complexity index is 613. The summed E-state index contributed by atoms with van der Waals surface area (Å²) < 4.78 is 5.04. The van der Waals surface area contributed by atoms with Crippen molar-refractivity contribution in [3.8, 4) is 0 Å². The summed E-state index contributed by atoms with van der Waals surface area (Å²) in [4.78, 5) is 4.24. The molecular weight excluding hydrogens is 256 g/mol. The van der Waals surface area contributed by atoms with E-state index >= 15 is 0 Å². The van der Waals surface area contributed by atoms with E-state index in [0.29, 0.717) is 0 Å². The molecule has 2 aromatic rings. The van der Waals surface area contributed by atoms with Crippen LogP contribution in [0.3, 0.4) is 0 Å². The third-order valence-electron chi connectivity index (χ3n) is 2.51. The number of fused-ring (bicyclic) bond motifs is 1. The van der Waals surface area contributed by atoms with E-state index in [0.717, 1.165) is 22.7 Å². The molecule has 0 saturated heterocycles. The molecule has 0 aromatic carbocycles. The second-order valence-electron chi connectivity index (χ2n) is 3.81. The van der Waals surface area contributed by atoms with Crippen molar-refractivity contribution in [1.82, 2.24) is 14.6 Å². The monoisotopic (exact) mass is 272 g/mol. The second kappa shape index (κ2) is 6.80. The van der Waals surface area contributed by atoms with Crippen molar-refractivity contribution >= 4 is 23.3 Å².